The Kier molecular flexibility index (Phi) is 6.85. The minimum atomic E-state index is -0.367. The van der Waals surface area contributed by atoms with Crippen LogP contribution in [0.2, 0.25) is 0 Å². The van der Waals surface area contributed by atoms with Gasteiger partial charge in [0.1, 0.15) is 5.75 Å². The van der Waals surface area contributed by atoms with E-state index in [9.17, 15) is 9.59 Å². The number of benzene rings is 1. The van der Waals surface area contributed by atoms with E-state index in [0.29, 0.717) is 32.5 Å². The first-order chi connectivity index (χ1) is 11.9. The van der Waals surface area contributed by atoms with Crippen molar-refractivity contribution in [2.75, 3.05) is 32.8 Å². The summed E-state index contributed by atoms with van der Waals surface area (Å²) in [6, 6.07) is 9.64. The van der Waals surface area contributed by atoms with Gasteiger partial charge in [-0.1, -0.05) is 39.0 Å². The van der Waals surface area contributed by atoms with Crippen LogP contribution in [-0.4, -0.2) is 54.4 Å². The molecule has 0 aliphatic carbocycles. The normalized spacial score (nSPS) is 15.6. The van der Waals surface area contributed by atoms with Crippen LogP contribution in [-0.2, 0) is 9.59 Å². The number of rotatable bonds is 5. The zero-order valence-electron chi connectivity index (χ0n) is 15.7. The predicted molar refractivity (Wildman–Crippen MR) is 98.4 cm³/mol. The van der Waals surface area contributed by atoms with Crippen LogP contribution >= 0.6 is 0 Å². The summed E-state index contributed by atoms with van der Waals surface area (Å²) in [7, 11) is 0. The van der Waals surface area contributed by atoms with Gasteiger partial charge in [-0.3, -0.25) is 9.59 Å². The topological polar surface area (TPSA) is 49.9 Å². The lowest BCUT2D eigenvalue weighted by Gasteiger charge is -2.28. The van der Waals surface area contributed by atoms with Crippen molar-refractivity contribution in [2.24, 2.45) is 5.41 Å². The minimum absolute atomic E-state index is 0.154. The molecule has 0 atom stereocenters. The largest absolute Gasteiger partial charge is 0.494 e. The van der Waals surface area contributed by atoms with Gasteiger partial charge in [-0.15, -0.1) is 0 Å². The number of hydrogen-bond donors (Lipinski definition) is 0. The van der Waals surface area contributed by atoms with Crippen LogP contribution < -0.4 is 4.74 Å². The van der Waals surface area contributed by atoms with E-state index in [1.165, 1.54) is 0 Å². The lowest BCUT2D eigenvalue weighted by Crippen LogP contribution is -2.42. The van der Waals surface area contributed by atoms with E-state index >= 15 is 0 Å². The molecule has 0 N–H and O–H groups in total. The van der Waals surface area contributed by atoms with Gasteiger partial charge in [-0.05, 0) is 25.0 Å². The molecule has 0 spiro atoms. The Balaban J connectivity index is 1.72. The van der Waals surface area contributed by atoms with E-state index in [-0.39, 0.29) is 17.2 Å². The monoisotopic (exact) mass is 346 g/mol. The highest BCUT2D eigenvalue weighted by atomic mass is 16.5. The lowest BCUT2D eigenvalue weighted by molar-refractivity contribution is -0.140. The van der Waals surface area contributed by atoms with Crippen molar-refractivity contribution in [3.8, 4) is 5.75 Å². The first-order valence-electron chi connectivity index (χ1n) is 9.13. The summed E-state index contributed by atoms with van der Waals surface area (Å²) >= 11 is 0. The molecule has 1 heterocycles. The molecule has 1 fully saturated rings. The van der Waals surface area contributed by atoms with Crippen molar-refractivity contribution in [3.63, 3.8) is 0 Å². The van der Waals surface area contributed by atoms with Crippen LogP contribution in [0.3, 0.4) is 0 Å². The molecule has 5 nitrogen and oxygen atoms in total. The highest BCUT2D eigenvalue weighted by Crippen LogP contribution is 2.19. The second-order valence-corrected chi connectivity index (χ2v) is 7.54. The summed E-state index contributed by atoms with van der Waals surface area (Å²) in [5.41, 5.74) is -0.367. The van der Waals surface area contributed by atoms with Gasteiger partial charge in [0, 0.05) is 38.0 Å². The van der Waals surface area contributed by atoms with Crippen LogP contribution in [0.4, 0.5) is 0 Å². The third-order valence-corrected chi connectivity index (χ3v) is 4.32. The van der Waals surface area contributed by atoms with Gasteiger partial charge >= 0.3 is 0 Å². The molecule has 5 heteroatoms. The van der Waals surface area contributed by atoms with Crippen molar-refractivity contribution < 1.29 is 14.3 Å². The molecular weight excluding hydrogens is 316 g/mol. The zero-order valence-corrected chi connectivity index (χ0v) is 15.7. The van der Waals surface area contributed by atoms with Crippen molar-refractivity contribution in [2.45, 2.75) is 40.0 Å². The van der Waals surface area contributed by atoms with E-state index in [4.69, 9.17) is 4.74 Å². The van der Waals surface area contributed by atoms with Gasteiger partial charge < -0.3 is 14.5 Å². The van der Waals surface area contributed by atoms with E-state index in [1.54, 1.807) is 0 Å². The van der Waals surface area contributed by atoms with Gasteiger partial charge in [0.2, 0.25) is 11.8 Å². The fourth-order valence-electron chi connectivity index (χ4n) is 2.93. The van der Waals surface area contributed by atoms with E-state index < -0.39 is 0 Å². The van der Waals surface area contributed by atoms with E-state index in [2.05, 4.69) is 0 Å². The summed E-state index contributed by atoms with van der Waals surface area (Å²) < 4.78 is 5.63. The van der Waals surface area contributed by atoms with Gasteiger partial charge in [-0.25, -0.2) is 0 Å². The maximum Gasteiger partial charge on any atom is 0.228 e. The Hall–Kier alpha value is -2.04. The smallest absolute Gasteiger partial charge is 0.228 e. The fourth-order valence-corrected chi connectivity index (χ4v) is 2.93. The number of ether oxygens (including phenoxy) is 1. The highest BCUT2D eigenvalue weighted by Gasteiger charge is 2.29. The number of carbonyl (C=O) groups is 2. The maximum atomic E-state index is 12.4. The van der Waals surface area contributed by atoms with Crippen molar-refractivity contribution in [3.05, 3.63) is 30.3 Å². The summed E-state index contributed by atoms with van der Waals surface area (Å²) in [4.78, 5) is 28.6. The first kappa shape index (κ1) is 19.3. The summed E-state index contributed by atoms with van der Waals surface area (Å²) in [5.74, 6) is 1.15. The van der Waals surface area contributed by atoms with Crippen LogP contribution in [0, 0.1) is 5.41 Å². The lowest BCUT2D eigenvalue weighted by atomic mass is 9.94. The Labute approximate surface area is 150 Å². The number of hydrogen-bond acceptors (Lipinski definition) is 3. The number of nitrogens with zero attached hydrogens (tertiary/aromatic N) is 2. The van der Waals surface area contributed by atoms with Crippen LogP contribution in [0.1, 0.15) is 40.0 Å². The van der Waals surface area contributed by atoms with Crippen molar-refractivity contribution in [1.82, 2.24) is 9.80 Å². The predicted octanol–water partition coefficient (Wildman–Crippen LogP) is 2.95. The van der Waals surface area contributed by atoms with Gasteiger partial charge in [0.05, 0.1) is 6.61 Å². The Bertz CT molecular complexity index is 566. The van der Waals surface area contributed by atoms with Crippen LogP contribution in [0.15, 0.2) is 30.3 Å². The number of para-hydroxylation sites is 1. The Morgan fingerprint density at radius 1 is 1.00 bits per heavy atom. The van der Waals surface area contributed by atoms with Crippen molar-refractivity contribution >= 4 is 11.8 Å². The number of carbonyl (C=O) groups excluding carboxylic acids is 2. The minimum Gasteiger partial charge on any atom is -0.494 e. The van der Waals surface area contributed by atoms with E-state index in [1.807, 2.05) is 60.9 Å². The fraction of sp³-hybridized carbons (Fsp3) is 0.600. The molecule has 0 radical (unpaired) electrons. The summed E-state index contributed by atoms with van der Waals surface area (Å²) in [6.45, 7) is 9.08. The third kappa shape index (κ3) is 6.07. The summed E-state index contributed by atoms with van der Waals surface area (Å²) in [6.07, 6.45) is 2.03. The van der Waals surface area contributed by atoms with Crippen LogP contribution in [0.25, 0.3) is 0 Å². The molecule has 0 aromatic heterocycles. The molecule has 0 bridgehead atoms. The van der Waals surface area contributed by atoms with Gasteiger partial charge in [0.15, 0.2) is 0 Å². The Morgan fingerprint density at radius 2 is 1.64 bits per heavy atom. The zero-order chi connectivity index (χ0) is 18.3. The van der Waals surface area contributed by atoms with Gasteiger partial charge in [0.25, 0.3) is 0 Å². The molecule has 1 aliphatic heterocycles. The molecule has 1 aromatic rings. The summed E-state index contributed by atoms with van der Waals surface area (Å²) in [5, 5.41) is 0. The first-order valence-corrected chi connectivity index (χ1v) is 9.13. The molecule has 0 unspecified atom stereocenters. The van der Waals surface area contributed by atoms with Crippen molar-refractivity contribution in [1.29, 1.82) is 0 Å². The second-order valence-electron chi connectivity index (χ2n) is 7.54. The molecule has 1 aromatic carbocycles. The maximum absolute atomic E-state index is 12.4. The molecule has 138 valence electrons. The molecule has 0 saturated carbocycles. The molecule has 1 aliphatic rings. The quantitative estimate of drug-likeness (QED) is 0.770. The standard InChI is InChI=1S/C20H30N2O3/c1-20(2,3)19(24)22-13-8-12-21(14-15-22)18(23)11-7-16-25-17-9-5-4-6-10-17/h4-6,9-10H,7-8,11-16H2,1-3H3. The average molecular weight is 346 g/mol. The van der Waals surface area contributed by atoms with E-state index in [0.717, 1.165) is 25.3 Å². The highest BCUT2D eigenvalue weighted by molar-refractivity contribution is 5.81. The second kappa shape index (κ2) is 8.88. The Morgan fingerprint density at radius 3 is 2.32 bits per heavy atom. The van der Waals surface area contributed by atoms with Crippen LogP contribution in [0.5, 0.6) is 5.75 Å². The number of amides is 2. The third-order valence-electron chi connectivity index (χ3n) is 4.32. The molecule has 1 saturated heterocycles. The SMILES string of the molecule is CC(C)(C)C(=O)N1CCCN(C(=O)CCCOc2ccccc2)CC1. The average Bonchev–Trinajstić information content (AvgIpc) is 2.84. The molecule has 2 amide bonds. The molecular formula is C20H30N2O3. The van der Waals surface area contributed by atoms with Gasteiger partial charge in [-0.2, -0.15) is 0 Å². The molecule has 2 rings (SSSR count). The molecule has 25 heavy (non-hydrogen) atoms.